The molecule has 1 aliphatic heterocycles. The van der Waals surface area contributed by atoms with E-state index in [9.17, 15) is 0 Å². The van der Waals surface area contributed by atoms with Gasteiger partial charge in [0.2, 0.25) is 0 Å². The average molecular weight is 152 g/mol. The zero-order chi connectivity index (χ0) is 6.81. The SMILES string of the molecule is [c]1ccc(N2C=COC2)s1. The maximum atomic E-state index is 5.02. The van der Waals surface area contributed by atoms with E-state index in [0.29, 0.717) is 6.73 Å². The Bertz CT molecular complexity index is 230. The van der Waals surface area contributed by atoms with E-state index in [1.54, 1.807) is 17.6 Å². The van der Waals surface area contributed by atoms with Crippen LogP contribution in [0.5, 0.6) is 0 Å². The summed E-state index contributed by atoms with van der Waals surface area (Å²) in [4.78, 5) is 2.03. The van der Waals surface area contributed by atoms with E-state index in [1.165, 1.54) is 5.00 Å². The van der Waals surface area contributed by atoms with Gasteiger partial charge in [-0.15, -0.1) is 11.3 Å². The van der Waals surface area contributed by atoms with Gasteiger partial charge in [-0.1, -0.05) is 0 Å². The molecule has 0 amide bonds. The highest BCUT2D eigenvalue weighted by molar-refractivity contribution is 7.13. The van der Waals surface area contributed by atoms with Gasteiger partial charge in [-0.2, -0.15) is 0 Å². The zero-order valence-electron chi connectivity index (χ0n) is 5.28. The Morgan fingerprint density at radius 1 is 1.70 bits per heavy atom. The lowest BCUT2D eigenvalue weighted by molar-refractivity contribution is 0.282. The molecule has 2 heterocycles. The number of hydrogen-bond donors (Lipinski definition) is 0. The van der Waals surface area contributed by atoms with Crippen LogP contribution in [0.25, 0.3) is 0 Å². The first-order valence-corrected chi connectivity index (χ1v) is 3.79. The molecule has 0 fully saturated rings. The lowest BCUT2D eigenvalue weighted by atomic mass is 10.6. The van der Waals surface area contributed by atoms with Crippen molar-refractivity contribution in [3.05, 3.63) is 30.0 Å². The van der Waals surface area contributed by atoms with Crippen LogP contribution in [0.3, 0.4) is 0 Å². The molecule has 0 saturated carbocycles. The smallest absolute Gasteiger partial charge is 0.165 e. The Morgan fingerprint density at radius 3 is 3.30 bits per heavy atom. The Morgan fingerprint density at radius 2 is 2.70 bits per heavy atom. The summed E-state index contributed by atoms with van der Waals surface area (Å²) in [5.41, 5.74) is 0. The molecular weight excluding hydrogens is 146 g/mol. The lowest BCUT2D eigenvalue weighted by Gasteiger charge is -2.08. The maximum Gasteiger partial charge on any atom is 0.165 e. The zero-order valence-corrected chi connectivity index (χ0v) is 6.10. The highest BCUT2D eigenvalue weighted by Gasteiger charge is 2.06. The molecular formula is C7H6NOS. The van der Waals surface area contributed by atoms with Gasteiger partial charge in [-0.25, -0.2) is 0 Å². The summed E-state index contributed by atoms with van der Waals surface area (Å²) in [5.74, 6) is 0. The first kappa shape index (κ1) is 5.80. The Labute approximate surface area is 63.3 Å². The molecule has 1 aromatic rings. The molecule has 1 aromatic heterocycles. The number of hydrogen-bond acceptors (Lipinski definition) is 3. The minimum absolute atomic E-state index is 0.633. The topological polar surface area (TPSA) is 12.5 Å². The summed E-state index contributed by atoms with van der Waals surface area (Å²) in [6.45, 7) is 0.633. The molecule has 2 rings (SSSR count). The van der Waals surface area contributed by atoms with Crippen LogP contribution in [0.2, 0.25) is 0 Å². The minimum Gasteiger partial charge on any atom is -0.479 e. The molecule has 0 spiro atoms. The molecule has 3 heteroatoms. The predicted octanol–water partition coefficient (Wildman–Crippen LogP) is 1.81. The Hall–Kier alpha value is -0.960. The van der Waals surface area contributed by atoms with Crippen LogP contribution in [0.15, 0.2) is 24.6 Å². The van der Waals surface area contributed by atoms with Crippen LogP contribution in [0, 0.1) is 5.38 Å². The molecule has 51 valence electrons. The number of ether oxygens (including phenoxy) is 1. The number of rotatable bonds is 1. The average Bonchev–Trinajstić information content (AvgIpc) is 2.59. The monoisotopic (exact) mass is 152 g/mol. The molecule has 10 heavy (non-hydrogen) atoms. The molecule has 0 saturated heterocycles. The van der Waals surface area contributed by atoms with Crippen molar-refractivity contribution in [2.24, 2.45) is 0 Å². The second-order valence-electron chi connectivity index (χ2n) is 1.94. The van der Waals surface area contributed by atoms with Gasteiger partial charge in [0.1, 0.15) is 6.26 Å². The fraction of sp³-hybridized carbons (Fsp3) is 0.143. The Kier molecular flexibility index (Phi) is 1.36. The van der Waals surface area contributed by atoms with E-state index >= 15 is 0 Å². The van der Waals surface area contributed by atoms with Crippen molar-refractivity contribution in [3.8, 4) is 0 Å². The van der Waals surface area contributed by atoms with Gasteiger partial charge < -0.3 is 9.64 Å². The van der Waals surface area contributed by atoms with E-state index < -0.39 is 0 Å². The van der Waals surface area contributed by atoms with Crippen molar-refractivity contribution in [2.45, 2.75) is 0 Å². The largest absolute Gasteiger partial charge is 0.479 e. The van der Waals surface area contributed by atoms with Gasteiger partial charge in [-0.3, -0.25) is 0 Å². The van der Waals surface area contributed by atoms with Crippen LogP contribution in [-0.4, -0.2) is 6.73 Å². The molecule has 0 N–H and O–H groups in total. The van der Waals surface area contributed by atoms with Gasteiger partial charge >= 0.3 is 0 Å². The third-order valence-electron chi connectivity index (χ3n) is 1.29. The van der Waals surface area contributed by atoms with Crippen molar-refractivity contribution in [1.29, 1.82) is 0 Å². The van der Waals surface area contributed by atoms with Crippen LogP contribution < -0.4 is 4.90 Å². The highest BCUT2D eigenvalue weighted by atomic mass is 32.1. The maximum absolute atomic E-state index is 5.02. The van der Waals surface area contributed by atoms with Crippen LogP contribution >= 0.6 is 11.3 Å². The van der Waals surface area contributed by atoms with Crippen molar-refractivity contribution in [2.75, 3.05) is 11.6 Å². The second kappa shape index (κ2) is 2.34. The summed E-state index contributed by atoms with van der Waals surface area (Å²) in [5, 5.41) is 4.19. The third kappa shape index (κ3) is 0.885. The number of thiophene rings is 1. The quantitative estimate of drug-likeness (QED) is 0.608. The molecule has 0 aromatic carbocycles. The molecule has 0 unspecified atom stereocenters. The fourth-order valence-electron chi connectivity index (χ4n) is 0.808. The standard InChI is InChI=1S/C7H6NOS/c1-2-7(10-5-1)8-3-4-9-6-8/h1-4H,6H2. The van der Waals surface area contributed by atoms with Gasteiger partial charge in [0.05, 0.1) is 5.00 Å². The first-order chi connectivity index (χ1) is 4.97. The van der Waals surface area contributed by atoms with Crippen molar-refractivity contribution in [3.63, 3.8) is 0 Å². The summed E-state index contributed by atoms with van der Waals surface area (Å²) < 4.78 is 5.02. The van der Waals surface area contributed by atoms with Crippen LogP contribution in [0.1, 0.15) is 0 Å². The summed E-state index contributed by atoms with van der Waals surface area (Å²) in [6.07, 6.45) is 3.61. The van der Waals surface area contributed by atoms with E-state index in [2.05, 4.69) is 5.38 Å². The lowest BCUT2D eigenvalue weighted by Crippen LogP contribution is -2.10. The van der Waals surface area contributed by atoms with Gasteiger partial charge in [0.15, 0.2) is 6.73 Å². The van der Waals surface area contributed by atoms with Crippen molar-refractivity contribution in [1.82, 2.24) is 0 Å². The van der Waals surface area contributed by atoms with Crippen molar-refractivity contribution < 1.29 is 4.74 Å². The Balaban J connectivity index is 2.20. The molecule has 2 nitrogen and oxygen atoms in total. The summed E-state index contributed by atoms with van der Waals surface area (Å²) in [7, 11) is 0. The van der Waals surface area contributed by atoms with E-state index in [4.69, 9.17) is 4.74 Å². The normalized spacial score (nSPS) is 15.8. The minimum atomic E-state index is 0.633. The fourth-order valence-corrected chi connectivity index (χ4v) is 1.43. The number of nitrogens with zero attached hydrogens (tertiary/aromatic N) is 1. The van der Waals surface area contributed by atoms with Gasteiger partial charge in [0.25, 0.3) is 0 Å². The third-order valence-corrected chi connectivity index (χ3v) is 2.12. The first-order valence-electron chi connectivity index (χ1n) is 2.97. The van der Waals surface area contributed by atoms with Crippen molar-refractivity contribution >= 4 is 16.3 Å². The van der Waals surface area contributed by atoms with Crippen LogP contribution in [-0.2, 0) is 4.74 Å². The van der Waals surface area contributed by atoms with Crippen LogP contribution in [0.4, 0.5) is 5.00 Å². The molecule has 1 aliphatic rings. The molecule has 1 radical (unpaired) electrons. The molecule has 0 bridgehead atoms. The van der Waals surface area contributed by atoms with Gasteiger partial charge in [-0.05, 0) is 12.1 Å². The van der Waals surface area contributed by atoms with E-state index in [0.717, 1.165) is 0 Å². The second-order valence-corrected chi connectivity index (χ2v) is 2.80. The summed E-state index contributed by atoms with van der Waals surface area (Å²) >= 11 is 1.59. The predicted molar refractivity (Wildman–Crippen MR) is 40.7 cm³/mol. The molecule has 0 atom stereocenters. The molecule has 0 aliphatic carbocycles. The number of anilines is 1. The summed E-state index contributed by atoms with van der Waals surface area (Å²) in [6, 6.07) is 3.93. The van der Waals surface area contributed by atoms with E-state index in [1.807, 2.05) is 23.2 Å². The van der Waals surface area contributed by atoms with Gasteiger partial charge in [0, 0.05) is 11.6 Å². The highest BCUT2D eigenvalue weighted by Crippen LogP contribution is 2.22. The van der Waals surface area contributed by atoms with E-state index in [-0.39, 0.29) is 0 Å².